The van der Waals surface area contributed by atoms with Crippen molar-refractivity contribution in [1.29, 1.82) is 0 Å². The van der Waals surface area contributed by atoms with E-state index in [2.05, 4.69) is 50.6 Å². The molecule has 6 aromatic rings. The standard InChI is InChI=1S/C42H42N10O6/c1-25(47-36(53)20-29-12-7-8-13-30(29)50-41(55)57-2)38-45-22-32(48-38)27-17-15-26(16-18-27)31-21-44-33(23-43-31)34-24-46-39(49-34)35-14-9-19-52(35)40(54)37(51-42(56)58-3)28-10-5-4-6-11-28/h4-8,10-13,15-18,21-25,35,37H,9,14,19-20H2,1-3H3,(H,45,48)(H,46,49)(H,47,53)(H,50,55)(H,51,56)/t25-,35-,37+/m0/s1. The van der Waals surface area contributed by atoms with Crippen LogP contribution in [0, 0.1) is 0 Å². The molecule has 58 heavy (non-hydrogen) atoms. The molecular weight excluding hydrogens is 741 g/mol. The number of para-hydroxylation sites is 1. The van der Waals surface area contributed by atoms with Crippen LogP contribution in [0.2, 0.25) is 0 Å². The Balaban J connectivity index is 0.970. The number of alkyl carbamates (subject to hydrolysis) is 1. The maximum absolute atomic E-state index is 13.8. The second-order valence-electron chi connectivity index (χ2n) is 13.6. The van der Waals surface area contributed by atoms with Gasteiger partial charge in [0.25, 0.3) is 5.91 Å². The molecule has 16 nitrogen and oxygen atoms in total. The maximum atomic E-state index is 13.8. The van der Waals surface area contributed by atoms with Crippen LogP contribution in [0.25, 0.3) is 33.9 Å². The minimum Gasteiger partial charge on any atom is -0.453 e. The second kappa shape index (κ2) is 17.6. The van der Waals surface area contributed by atoms with Gasteiger partial charge in [-0.3, -0.25) is 24.9 Å². The van der Waals surface area contributed by atoms with Crippen LogP contribution >= 0.6 is 0 Å². The van der Waals surface area contributed by atoms with Crippen LogP contribution in [-0.2, 0) is 25.5 Å². The number of methoxy groups -OCH3 is 2. The number of nitrogens with one attached hydrogen (secondary N) is 5. The number of H-pyrrole nitrogens is 2. The van der Waals surface area contributed by atoms with E-state index in [0.29, 0.717) is 58.5 Å². The minimum atomic E-state index is -0.906. The first-order valence-electron chi connectivity index (χ1n) is 18.7. The first-order valence-corrected chi connectivity index (χ1v) is 18.7. The number of anilines is 1. The number of carbonyl (C=O) groups excluding carboxylic acids is 4. The number of likely N-dealkylation sites (tertiary alicyclic amines) is 1. The van der Waals surface area contributed by atoms with Gasteiger partial charge in [0.2, 0.25) is 5.91 Å². The number of aromatic nitrogens is 6. The molecule has 1 aliphatic rings. The third kappa shape index (κ3) is 8.86. The summed E-state index contributed by atoms with van der Waals surface area (Å²) in [5.74, 6) is 0.743. The number of amides is 4. The first kappa shape index (κ1) is 38.9. The van der Waals surface area contributed by atoms with Gasteiger partial charge in [-0.1, -0.05) is 72.8 Å². The Morgan fingerprint density at radius 2 is 1.45 bits per heavy atom. The second-order valence-corrected chi connectivity index (χ2v) is 13.6. The van der Waals surface area contributed by atoms with Gasteiger partial charge in [-0.25, -0.2) is 19.6 Å². The number of hydrogen-bond acceptors (Lipinski definition) is 10. The largest absolute Gasteiger partial charge is 0.453 e. The van der Waals surface area contributed by atoms with E-state index in [1.165, 1.54) is 14.2 Å². The summed E-state index contributed by atoms with van der Waals surface area (Å²) in [6.45, 7) is 2.36. The van der Waals surface area contributed by atoms with Gasteiger partial charge < -0.3 is 35.0 Å². The molecule has 0 radical (unpaired) electrons. The van der Waals surface area contributed by atoms with E-state index in [1.807, 2.05) is 49.4 Å². The van der Waals surface area contributed by atoms with E-state index in [9.17, 15) is 19.2 Å². The third-order valence-electron chi connectivity index (χ3n) is 9.87. The molecule has 5 N–H and O–H groups in total. The highest BCUT2D eigenvalue weighted by Crippen LogP contribution is 2.34. The lowest BCUT2D eigenvalue weighted by molar-refractivity contribution is -0.134. The molecule has 1 fully saturated rings. The lowest BCUT2D eigenvalue weighted by Crippen LogP contribution is -2.42. The van der Waals surface area contributed by atoms with Crippen molar-refractivity contribution in [3.8, 4) is 33.9 Å². The van der Waals surface area contributed by atoms with Crippen LogP contribution in [-0.4, -0.2) is 79.6 Å². The Labute approximate surface area is 333 Å². The van der Waals surface area contributed by atoms with Gasteiger partial charge in [0.15, 0.2) is 0 Å². The quantitative estimate of drug-likeness (QED) is 0.0938. The zero-order valence-corrected chi connectivity index (χ0v) is 32.1. The molecule has 3 atom stereocenters. The minimum absolute atomic E-state index is 0.0581. The molecule has 3 aromatic heterocycles. The van der Waals surface area contributed by atoms with E-state index in [1.54, 1.807) is 66.1 Å². The molecule has 1 aliphatic heterocycles. The summed E-state index contributed by atoms with van der Waals surface area (Å²) >= 11 is 0. The molecule has 0 aliphatic carbocycles. The summed E-state index contributed by atoms with van der Waals surface area (Å²) in [5, 5.41) is 8.27. The van der Waals surface area contributed by atoms with Crippen molar-refractivity contribution in [3.63, 3.8) is 0 Å². The number of benzene rings is 3. The molecule has 7 rings (SSSR count). The van der Waals surface area contributed by atoms with Crippen LogP contribution in [0.15, 0.2) is 104 Å². The molecule has 4 heterocycles. The Morgan fingerprint density at radius 3 is 2.19 bits per heavy atom. The zero-order valence-electron chi connectivity index (χ0n) is 32.1. The number of aromatic amines is 2. The van der Waals surface area contributed by atoms with Gasteiger partial charge in [-0.05, 0) is 42.5 Å². The fourth-order valence-corrected chi connectivity index (χ4v) is 6.86. The SMILES string of the molecule is COC(=O)Nc1ccccc1CC(=O)N[C@@H](C)c1ncc(-c2ccc(-c3cnc(-c4cnc([C@@H]5CCCN5C(=O)[C@H](NC(=O)OC)c5ccccc5)[nH]4)cn3)cc2)[nH]1. The summed E-state index contributed by atoms with van der Waals surface area (Å²) in [6, 6.07) is 22.3. The fraction of sp³-hybridized carbons (Fsp3) is 0.238. The summed E-state index contributed by atoms with van der Waals surface area (Å²) in [6.07, 6.45) is 7.03. The van der Waals surface area contributed by atoms with Crippen molar-refractivity contribution >= 4 is 29.7 Å². The summed E-state index contributed by atoms with van der Waals surface area (Å²) in [5.41, 5.74) is 6.29. The summed E-state index contributed by atoms with van der Waals surface area (Å²) < 4.78 is 9.48. The van der Waals surface area contributed by atoms with Gasteiger partial charge in [0.05, 0.1) is 74.6 Å². The Morgan fingerprint density at radius 1 is 0.759 bits per heavy atom. The van der Waals surface area contributed by atoms with Crippen LogP contribution in [0.1, 0.15) is 60.7 Å². The molecule has 1 saturated heterocycles. The van der Waals surface area contributed by atoms with Crippen LogP contribution in [0.4, 0.5) is 15.3 Å². The van der Waals surface area contributed by atoms with Crippen molar-refractivity contribution in [2.45, 2.75) is 44.3 Å². The normalized spacial score (nSPS) is 14.6. The lowest BCUT2D eigenvalue weighted by atomic mass is 10.1. The maximum Gasteiger partial charge on any atom is 0.411 e. The fourth-order valence-electron chi connectivity index (χ4n) is 6.86. The number of hydrogen-bond donors (Lipinski definition) is 5. The van der Waals surface area contributed by atoms with Crippen molar-refractivity contribution in [2.24, 2.45) is 0 Å². The molecule has 16 heteroatoms. The highest BCUT2D eigenvalue weighted by molar-refractivity contribution is 5.88. The smallest absolute Gasteiger partial charge is 0.411 e. The predicted molar refractivity (Wildman–Crippen MR) is 214 cm³/mol. The highest BCUT2D eigenvalue weighted by Gasteiger charge is 2.37. The monoisotopic (exact) mass is 782 g/mol. The molecule has 0 bridgehead atoms. The van der Waals surface area contributed by atoms with E-state index in [4.69, 9.17) is 4.74 Å². The Hall–Kier alpha value is -7.36. The molecule has 4 amide bonds. The topological polar surface area (TPSA) is 209 Å². The van der Waals surface area contributed by atoms with Gasteiger partial charge in [-0.2, -0.15) is 0 Å². The Kier molecular flexibility index (Phi) is 11.8. The number of rotatable bonds is 12. The van der Waals surface area contributed by atoms with Gasteiger partial charge in [0.1, 0.15) is 23.4 Å². The van der Waals surface area contributed by atoms with Gasteiger partial charge in [-0.15, -0.1) is 0 Å². The van der Waals surface area contributed by atoms with E-state index in [-0.39, 0.29) is 24.3 Å². The van der Waals surface area contributed by atoms with Crippen molar-refractivity contribution < 1.29 is 28.7 Å². The molecule has 296 valence electrons. The first-order chi connectivity index (χ1) is 28.2. The van der Waals surface area contributed by atoms with Gasteiger partial charge >= 0.3 is 12.2 Å². The average Bonchev–Trinajstić information content (AvgIpc) is 4.06. The van der Waals surface area contributed by atoms with Crippen LogP contribution in [0.3, 0.4) is 0 Å². The summed E-state index contributed by atoms with van der Waals surface area (Å²) in [4.78, 5) is 77.5. The highest BCUT2D eigenvalue weighted by atomic mass is 16.5. The number of carbonyl (C=O) groups is 4. The number of nitrogens with zero attached hydrogens (tertiary/aromatic N) is 5. The lowest BCUT2D eigenvalue weighted by Gasteiger charge is -2.28. The van der Waals surface area contributed by atoms with Crippen molar-refractivity contribution in [2.75, 3.05) is 26.1 Å². The summed E-state index contributed by atoms with van der Waals surface area (Å²) in [7, 11) is 2.54. The van der Waals surface area contributed by atoms with E-state index >= 15 is 0 Å². The molecular formula is C42H42N10O6. The van der Waals surface area contributed by atoms with Crippen molar-refractivity contribution in [1.82, 2.24) is 45.4 Å². The molecule has 0 unspecified atom stereocenters. The van der Waals surface area contributed by atoms with E-state index < -0.39 is 24.3 Å². The Bertz CT molecular complexity index is 2380. The number of ether oxygens (including phenoxy) is 2. The molecule has 0 spiro atoms. The van der Waals surface area contributed by atoms with Crippen LogP contribution < -0.4 is 16.0 Å². The zero-order chi connectivity index (χ0) is 40.6. The molecule has 3 aromatic carbocycles. The molecule has 0 saturated carbocycles. The average molecular weight is 783 g/mol. The van der Waals surface area contributed by atoms with Gasteiger partial charge in [0, 0.05) is 17.8 Å². The third-order valence-corrected chi connectivity index (χ3v) is 9.87. The van der Waals surface area contributed by atoms with Crippen molar-refractivity contribution in [3.05, 3.63) is 126 Å². The predicted octanol–water partition coefficient (Wildman–Crippen LogP) is 6.28. The van der Waals surface area contributed by atoms with Crippen LogP contribution in [0.5, 0.6) is 0 Å². The van der Waals surface area contributed by atoms with E-state index in [0.717, 1.165) is 23.2 Å². The number of imidazole rings is 2.